The Labute approximate surface area is 214 Å². The van der Waals surface area contributed by atoms with Gasteiger partial charge in [0.05, 0.1) is 25.9 Å². The van der Waals surface area contributed by atoms with Crippen LogP contribution in [0.1, 0.15) is 35.8 Å². The van der Waals surface area contributed by atoms with Crippen LogP contribution < -0.4 is 18.9 Å². The van der Waals surface area contributed by atoms with E-state index in [-0.39, 0.29) is 37.5 Å². The number of carbonyl (C=O) groups excluding carboxylic acids is 1. The molecule has 0 bridgehead atoms. The maximum Gasteiger partial charge on any atom is 0.303 e. The van der Waals surface area contributed by atoms with Gasteiger partial charge in [-0.25, -0.2) is 0 Å². The molecule has 37 heavy (non-hydrogen) atoms. The van der Waals surface area contributed by atoms with Crippen molar-refractivity contribution in [2.45, 2.75) is 25.7 Å². The molecule has 3 aliphatic heterocycles. The molecule has 0 amide bonds. The van der Waals surface area contributed by atoms with Crippen LogP contribution >= 0.6 is 0 Å². The molecule has 0 aromatic heterocycles. The maximum atomic E-state index is 12.2. The average Bonchev–Trinajstić information content (AvgIpc) is 3.66. The zero-order chi connectivity index (χ0) is 25.2. The zero-order valence-corrected chi connectivity index (χ0v) is 20.5. The Kier molecular flexibility index (Phi) is 6.59. The fourth-order valence-corrected chi connectivity index (χ4v) is 5.20. The number of hydrogen-bond acceptors (Lipinski definition) is 8. The van der Waals surface area contributed by atoms with E-state index in [1.54, 1.807) is 0 Å². The van der Waals surface area contributed by atoms with E-state index in [0.717, 1.165) is 16.7 Å². The Balaban J connectivity index is 1.30. The fraction of sp³-hybridized carbons (Fsp3) is 0.345. The smallest absolute Gasteiger partial charge is 0.303 e. The molecule has 192 valence electrons. The molecule has 6 rings (SSSR count). The van der Waals surface area contributed by atoms with Gasteiger partial charge < -0.3 is 33.2 Å². The highest BCUT2D eigenvalue weighted by molar-refractivity contribution is 5.66. The minimum atomic E-state index is -0.545. The number of carbonyl (C=O) groups is 1. The molecule has 8 heteroatoms. The third-order valence-corrected chi connectivity index (χ3v) is 6.96. The first-order valence-corrected chi connectivity index (χ1v) is 12.4. The second-order valence-corrected chi connectivity index (χ2v) is 9.34. The Morgan fingerprint density at radius 3 is 2.35 bits per heavy atom. The summed E-state index contributed by atoms with van der Waals surface area (Å²) in [5.41, 5.74) is 2.88. The molecule has 3 aromatic rings. The molecule has 0 aliphatic carbocycles. The quantitative estimate of drug-likeness (QED) is 0.398. The van der Waals surface area contributed by atoms with Crippen molar-refractivity contribution in [1.29, 1.82) is 0 Å². The van der Waals surface area contributed by atoms with Crippen molar-refractivity contribution in [3.8, 4) is 23.0 Å². The highest BCUT2D eigenvalue weighted by Crippen LogP contribution is 2.48. The lowest BCUT2D eigenvalue weighted by atomic mass is 9.82. The summed E-state index contributed by atoms with van der Waals surface area (Å²) in [4.78, 5) is 12.2. The standard InChI is InChI=1S/C29H28O8/c1-18(30)37-29(21-8-10-25-27(12-21)36-17-34-25)23-15-32-28(20-7-9-24-26(11-20)35-16-33-24)22(23)14-31-13-19-5-3-2-4-6-19/h2-12,22-23,28-29H,13-17H2,1H3/t22-,23+,28+,29?/m0/s1. The zero-order valence-electron chi connectivity index (χ0n) is 20.5. The normalized spacial score (nSPS) is 22.1. The minimum Gasteiger partial charge on any atom is -0.457 e. The van der Waals surface area contributed by atoms with Crippen LogP contribution in [0.15, 0.2) is 66.7 Å². The number of fused-ring (bicyclic) bond motifs is 2. The van der Waals surface area contributed by atoms with E-state index in [9.17, 15) is 4.79 Å². The van der Waals surface area contributed by atoms with Crippen molar-refractivity contribution in [1.82, 2.24) is 0 Å². The average molecular weight is 505 g/mol. The molecular formula is C29H28O8. The first-order chi connectivity index (χ1) is 18.2. The topological polar surface area (TPSA) is 81.7 Å². The number of hydrogen-bond donors (Lipinski definition) is 0. The van der Waals surface area contributed by atoms with E-state index in [0.29, 0.717) is 42.8 Å². The molecule has 1 unspecified atom stereocenters. The van der Waals surface area contributed by atoms with Gasteiger partial charge in [0.1, 0.15) is 6.10 Å². The van der Waals surface area contributed by atoms with Crippen molar-refractivity contribution >= 4 is 5.97 Å². The Morgan fingerprint density at radius 2 is 1.59 bits per heavy atom. The van der Waals surface area contributed by atoms with Gasteiger partial charge in [-0.15, -0.1) is 0 Å². The van der Waals surface area contributed by atoms with Crippen molar-refractivity contribution in [3.63, 3.8) is 0 Å². The Morgan fingerprint density at radius 1 is 0.892 bits per heavy atom. The van der Waals surface area contributed by atoms with Gasteiger partial charge in [0.15, 0.2) is 23.0 Å². The summed E-state index contributed by atoms with van der Waals surface area (Å²) in [6.07, 6.45) is -0.821. The van der Waals surface area contributed by atoms with Gasteiger partial charge in [-0.05, 0) is 41.0 Å². The molecule has 1 saturated heterocycles. The SMILES string of the molecule is CC(=O)OC(c1ccc2c(c1)OCO2)[C@@H]1CO[C@H](c2ccc3c(c2)OCO3)[C@H]1COCc1ccccc1. The number of benzene rings is 3. The van der Waals surface area contributed by atoms with E-state index in [1.807, 2.05) is 66.7 Å². The molecule has 3 heterocycles. The third kappa shape index (κ3) is 4.95. The molecule has 3 aromatic carbocycles. The van der Waals surface area contributed by atoms with Crippen LogP contribution in [-0.2, 0) is 25.6 Å². The van der Waals surface area contributed by atoms with E-state index < -0.39 is 6.10 Å². The van der Waals surface area contributed by atoms with E-state index in [2.05, 4.69) is 0 Å². The third-order valence-electron chi connectivity index (χ3n) is 6.96. The van der Waals surface area contributed by atoms with Gasteiger partial charge in [0, 0.05) is 18.8 Å². The largest absolute Gasteiger partial charge is 0.457 e. The van der Waals surface area contributed by atoms with Crippen molar-refractivity contribution in [2.75, 3.05) is 26.8 Å². The van der Waals surface area contributed by atoms with Crippen LogP contribution in [0, 0.1) is 11.8 Å². The second kappa shape index (κ2) is 10.3. The van der Waals surface area contributed by atoms with Crippen molar-refractivity contribution in [2.24, 2.45) is 11.8 Å². The number of ether oxygens (including phenoxy) is 7. The van der Waals surface area contributed by atoms with Crippen LogP contribution in [-0.4, -0.2) is 32.8 Å². The van der Waals surface area contributed by atoms with Gasteiger partial charge in [-0.2, -0.15) is 0 Å². The lowest BCUT2D eigenvalue weighted by Gasteiger charge is -2.29. The van der Waals surface area contributed by atoms with Crippen molar-refractivity contribution in [3.05, 3.63) is 83.4 Å². The summed E-state index contributed by atoms with van der Waals surface area (Å²) in [6, 6.07) is 21.5. The van der Waals surface area contributed by atoms with Crippen molar-refractivity contribution < 1.29 is 38.0 Å². The summed E-state index contributed by atoms with van der Waals surface area (Å²) < 4.78 is 40.7. The van der Waals surface area contributed by atoms with Crippen LogP contribution in [0.5, 0.6) is 23.0 Å². The van der Waals surface area contributed by atoms with E-state index in [4.69, 9.17) is 33.2 Å². The first-order valence-electron chi connectivity index (χ1n) is 12.4. The molecule has 0 spiro atoms. The summed E-state index contributed by atoms with van der Waals surface area (Å²) in [5, 5.41) is 0. The molecule has 0 radical (unpaired) electrons. The first kappa shape index (κ1) is 23.6. The van der Waals surface area contributed by atoms with Gasteiger partial charge in [-0.3, -0.25) is 4.79 Å². The minimum absolute atomic E-state index is 0.0983. The van der Waals surface area contributed by atoms with Crippen LogP contribution in [0.2, 0.25) is 0 Å². The van der Waals surface area contributed by atoms with Gasteiger partial charge in [0.2, 0.25) is 13.6 Å². The fourth-order valence-electron chi connectivity index (χ4n) is 5.20. The van der Waals surface area contributed by atoms with Gasteiger partial charge in [0.25, 0.3) is 0 Å². The molecule has 4 atom stereocenters. The predicted octanol–water partition coefficient (Wildman–Crippen LogP) is 4.97. The molecule has 0 N–H and O–H groups in total. The maximum absolute atomic E-state index is 12.2. The van der Waals surface area contributed by atoms with Crippen LogP contribution in [0.3, 0.4) is 0 Å². The lowest BCUT2D eigenvalue weighted by molar-refractivity contribution is -0.150. The highest BCUT2D eigenvalue weighted by atomic mass is 16.7. The summed E-state index contributed by atoms with van der Waals surface area (Å²) in [6.45, 7) is 3.08. The second-order valence-electron chi connectivity index (χ2n) is 9.34. The molecule has 3 aliphatic rings. The summed E-state index contributed by atoms with van der Waals surface area (Å²) in [7, 11) is 0. The number of rotatable bonds is 8. The van der Waals surface area contributed by atoms with E-state index in [1.165, 1.54) is 6.92 Å². The van der Waals surface area contributed by atoms with E-state index >= 15 is 0 Å². The molecule has 1 fully saturated rings. The predicted molar refractivity (Wildman–Crippen MR) is 131 cm³/mol. The van der Waals surface area contributed by atoms with Gasteiger partial charge in [-0.1, -0.05) is 42.5 Å². The van der Waals surface area contributed by atoms with Crippen LogP contribution in [0.25, 0.3) is 0 Å². The summed E-state index contributed by atoms with van der Waals surface area (Å²) in [5.74, 6) is 2.10. The molecule has 0 saturated carbocycles. The molecular weight excluding hydrogens is 476 g/mol. The monoisotopic (exact) mass is 504 g/mol. The Bertz CT molecular complexity index is 1260. The van der Waals surface area contributed by atoms with Gasteiger partial charge >= 0.3 is 5.97 Å². The number of esters is 1. The summed E-state index contributed by atoms with van der Waals surface area (Å²) >= 11 is 0. The Hall–Kier alpha value is -3.75. The lowest BCUT2D eigenvalue weighted by Crippen LogP contribution is -2.28. The van der Waals surface area contributed by atoms with Crippen LogP contribution in [0.4, 0.5) is 0 Å². The molecule has 8 nitrogen and oxygen atoms in total. The highest BCUT2D eigenvalue weighted by Gasteiger charge is 2.45.